The minimum atomic E-state index is -3.13. The molecule has 3 nitrogen and oxygen atoms in total. The van der Waals surface area contributed by atoms with Gasteiger partial charge in [-0.2, -0.15) is 0 Å². The molecular weight excluding hydrogens is 200 g/mol. The second kappa shape index (κ2) is 4.11. The highest BCUT2D eigenvalue weighted by Gasteiger charge is 2.10. The Morgan fingerprint density at radius 2 is 2.00 bits per heavy atom. The molecule has 0 aromatic heterocycles. The summed E-state index contributed by atoms with van der Waals surface area (Å²) >= 11 is 0. The van der Waals surface area contributed by atoms with Gasteiger partial charge in [0.1, 0.15) is 0 Å². The molecule has 0 spiro atoms. The number of aryl methyl sites for hydroxylation is 1. The molecule has 0 fully saturated rings. The lowest BCUT2D eigenvalue weighted by atomic mass is 10.1. The van der Waals surface area contributed by atoms with Crippen LogP contribution in [0.15, 0.2) is 23.1 Å². The minimum Gasteiger partial charge on any atom is -0.396 e. The summed E-state index contributed by atoms with van der Waals surface area (Å²) in [6.45, 7) is 1.84. The average Bonchev–Trinajstić information content (AvgIpc) is 2.02. The smallest absolute Gasteiger partial charge is 0.175 e. The highest BCUT2D eigenvalue weighted by molar-refractivity contribution is 7.90. The van der Waals surface area contributed by atoms with Crippen molar-refractivity contribution in [2.45, 2.75) is 18.2 Å². The van der Waals surface area contributed by atoms with Crippen LogP contribution in [0.1, 0.15) is 11.1 Å². The number of aliphatic hydroxyl groups excluding tert-OH is 1. The Bertz CT molecular complexity index is 421. The summed E-state index contributed by atoms with van der Waals surface area (Å²) in [5.41, 5.74) is 1.69. The third kappa shape index (κ3) is 2.56. The van der Waals surface area contributed by atoms with Crippen molar-refractivity contribution in [2.75, 3.05) is 12.9 Å². The molecule has 0 amide bonds. The molecule has 0 aliphatic rings. The predicted octanol–water partition coefficient (Wildman–Crippen LogP) is 0.933. The predicted molar refractivity (Wildman–Crippen MR) is 55.1 cm³/mol. The first kappa shape index (κ1) is 11.2. The van der Waals surface area contributed by atoms with E-state index in [1.54, 1.807) is 25.1 Å². The van der Waals surface area contributed by atoms with E-state index in [0.29, 0.717) is 11.3 Å². The third-order valence-electron chi connectivity index (χ3n) is 2.04. The van der Waals surface area contributed by atoms with Crippen LogP contribution >= 0.6 is 0 Å². The molecular formula is C10H14O3S. The lowest BCUT2D eigenvalue weighted by molar-refractivity contribution is 0.299. The fourth-order valence-electron chi connectivity index (χ4n) is 1.41. The van der Waals surface area contributed by atoms with Crippen LogP contribution in [0, 0.1) is 6.92 Å². The van der Waals surface area contributed by atoms with E-state index in [2.05, 4.69) is 0 Å². The molecule has 14 heavy (non-hydrogen) atoms. The molecule has 0 saturated carbocycles. The highest BCUT2D eigenvalue weighted by atomic mass is 32.2. The highest BCUT2D eigenvalue weighted by Crippen LogP contribution is 2.16. The van der Waals surface area contributed by atoms with E-state index < -0.39 is 9.84 Å². The molecule has 1 rings (SSSR count). The van der Waals surface area contributed by atoms with Gasteiger partial charge in [-0.15, -0.1) is 0 Å². The van der Waals surface area contributed by atoms with Gasteiger partial charge in [-0.25, -0.2) is 8.42 Å². The van der Waals surface area contributed by atoms with Crippen LogP contribution in [0.3, 0.4) is 0 Å². The summed E-state index contributed by atoms with van der Waals surface area (Å²) in [5.74, 6) is 0. The van der Waals surface area contributed by atoms with Crippen molar-refractivity contribution in [3.63, 3.8) is 0 Å². The normalized spacial score (nSPS) is 11.6. The van der Waals surface area contributed by atoms with Gasteiger partial charge >= 0.3 is 0 Å². The van der Waals surface area contributed by atoms with Gasteiger partial charge in [0.05, 0.1) is 4.90 Å². The van der Waals surface area contributed by atoms with E-state index in [9.17, 15) is 8.42 Å². The number of hydrogen-bond donors (Lipinski definition) is 1. The van der Waals surface area contributed by atoms with E-state index in [1.165, 1.54) is 6.26 Å². The van der Waals surface area contributed by atoms with Gasteiger partial charge in [0.2, 0.25) is 0 Å². The topological polar surface area (TPSA) is 54.4 Å². The van der Waals surface area contributed by atoms with Gasteiger partial charge in [0, 0.05) is 12.9 Å². The second-order valence-corrected chi connectivity index (χ2v) is 5.33. The molecule has 0 unspecified atom stereocenters. The fourth-order valence-corrected chi connectivity index (χ4v) is 2.37. The summed E-state index contributed by atoms with van der Waals surface area (Å²) in [5, 5.41) is 8.72. The Morgan fingerprint density at radius 1 is 1.36 bits per heavy atom. The largest absolute Gasteiger partial charge is 0.396 e. The zero-order valence-electron chi connectivity index (χ0n) is 8.32. The van der Waals surface area contributed by atoms with Crippen LogP contribution in [-0.2, 0) is 16.3 Å². The molecule has 0 atom stereocenters. The van der Waals surface area contributed by atoms with E-state index in [-0.39, 0.29) is 6.61 Å². The molecule has 1 N–H and O–H groups in total. The Balaban J connectivity index is 3.15. The van der Waals surface area contributed by atoms with Crippen molar-refractivity contribution in [1.82, 2.24) is 0 Å². The second-order valence-electron chi connectivity index (χ2n) is 3.35. The van der Waals surface area contributed by atoms with Crippen molar-refractivity contribution < 1.29 is 13.5 Å². The van der Waals surface area contributed by atoms with Gasteiger partial charge < -0.3 is 5.11 Å². The van der Waals surface area contributed by atoms with Crippen LogP contribution in [0.2, 0.25) is 0 Å². The Kier molecular flexibility index (Phi) is 3.29. The van der Waals surface area contributed by atoms with Crippen molar-refractivity contribution in [3.05, 3.63) is 29.3 Å². The van der Waals surface area contributed by atoms with Gasteiger partial charge in [-0.05, 0) is 30.5 Å². The summed E-state index contributed by atoms with van der Waals surface area (Å²) in [7, 11) is -3.13. The van der Waals surface area contributed by atoms with Crippen molar-refractivity contribution in [2.24, 2.45) is 0 Å². The fraction of sp³-hybridized carbons (Fsp3) is 0.400. The standard InChI is InChI=1S/C10H14O3S/c1-8-7-9(5-6-11)3-4-10(8)14(2,12)13/h3-4,7,11H,5-6H2,1-2H3. The molecule has 4 heteroatoms. The lowest BCUT2D eigenvalue weighted by Gasteiger charge is -2.05. The molecule has 0 aliphatic heterocycles. The molecule has 78 valence electrons. The molecule has 0 heterocycles. The maximum atomic E-state index is 11.3. The van der Waals surface area contributed by atoms with E-state index in [0.717, 1.165) is 11.1 Å². The maximum Gasteiger partial charge on any atom is 0.175 e. The number of sulfone groups is 1. The zero-order valence-corrected chi connectivity index (χ0v) is 9.13. The van der Waals surface area contributed by atoms with E-state index in [4.69, 9.17) is 5.11 Å². The maximum absolute atomic E-state index is 11.3. The average molecular weight is 214 g/mol. The van der Waals surface area contributed by atoms with Crippen LogP contribution in [0.25, 0.3) is 0 Å². The Labute approximate surface area is 84.3 Å². The quantitative estimate of drug-likeness (QED) is 0.814. The minimum absolute atomic E-state index is 0.0810. The number of rotatable bonds is 3. The molecule has 0 aliphatic carbocycles. The van der Waals surface area contributed by atoms with E-state index >= 15 is 0 Å². The Morgan fingerprint density at radius 3 is 2.43 bits per heavy atom. The van der Waals surface area contributed by atoms with Crippen LogP contribution in [0.4, 0.5) is 0 Å². The molecule has 0 bridgehead atoms. The van der Waals surface area contributed by atoms with Crippen molar-refractivity contribution in [1.29, 1.82) is 0 Å². The molecule has 0 radical (unpaired) electrons. The Hall–Kier alpha value is -0.870. The summed E-state index contributed by atoms with van der Waals surface area (Å²) < 4.78 is 22.5. The summed E-state index contributed by atoms with van der Waals surface area (Å²) in [6, 6.07) is 5.13. The molecule has 0 saturated heterocycles. The lowest BCUT2D eigenvalue weighted by Crippen LogP contribution is -2.01. The monoisotopic (exact) mass is 214 g/mol. The number of hydrogen-bond acceptors (Lipinski definition) is 3. The first-order valence-corrected chi connectivity index (χ1v) is 6.24. The SMILES string of the molecule is Cc1cc(CCO)ccc1S(C)(=O)=O. The van der Waals surface area contributed by atoms with Gasteiger partial charge in [0.25, 0.3) is 0 Å². The third-order valence-corrected chi connectivity index (χ3v) is 3.30. The summed E-state index contributed by atoms with van der Waals surface area (Å²) in [4.78, 5) is 0.360. The first-order valence-electron chi connectivity index (χ1n) is 4.35. The van der Waals surface area contributed by atoms with Gasteiger partial charge in [-0.1, -0.05) is 12.1 Å². The van der Waals surface area contributed by atoms with Crippen molar-refractivity contribution in [3.8, 4) is 0 Å². The van der Waals surface area contributed by atoms with Crippen LogP contribution < -0.4 is 0 Å². The van der Waals surface area contributed by atoms with Crippen LogP contribution in [0.5, 0.6) is 0 Å². The zero-order chi connectivity index (χ0) is 10.8. The van der Waals surface area contributed by atoms with Gasteiger partial charge in [-0.3, -0.25) is 0 Å². The number of benzene rings is 1. The van der Waals surface area contributed by atoms with Crippen molar-refractivity contribution >= 4 is 9.84 Å². The molecule has 1 aromatic carbocycles. The van der Waals surface area contributed by atoms with E-state index in [1.807, 2.05) is 0 Å². The first-order chi connectivity index (χ1) is 6.45. The summed E-state index contributed by atoms with van der Waals surface area (Å²) in [6.07, 6.45) is 1.76. The van der Waals surface area contributed by atoms with Gasteiger partial charge in [0.15, 0.2) is 9.84 Å². The molecule has 1 aromatic rings. The van der Waals surface area contributed by atoms with Crippen LogP contribution in [-0.4, -0.2) is 26.4 Å². The number of aliphatic hydroxyl groups is 1.